The predicted octanol–water partition coefficient (Wildman–Crippen LogP) is 6.58. The highest BCUT2D eigenvalue weighted by Gasteiger charge is 2.30. The number of hydrogen-bond acceptors (Lipinski definition) is 5. The number of alkyl halides is 3. The molecule has 4 rings (SSSR count). The van der Waals surface area contributed by atoms with E-state index in [1.165, 1.54) is 11.6 Å². The minimum Gasteiger partial charge on any atom is -0.497 e. The number of nitrogens with zero attached hydrogens (tertiary/aromatic N) is 1. The van der Waals surface area contributed by atoms with E-state index < -0.39 is 11.7 Å². The van der Waals surface area contributed by atoms with E-state index in [2.05, 4.69) is 39.3 Å². The van der Waals surface area contributed by atoms with Gasteiger partial charge < -0.3 is 15.4 Å². The van der Waals surface area contributed by atoms with Crippen LogP contribution in [-0.2, 0) is 12.7 Å². The van der Waals surface area contributed by atoms with Crippen molar-refractivity contribution in [2.75, 3.05) is 25.5 Å². The van der Waals surface area contributed by atoms with E-state index in [9.17, 15) is 13.2 Å². The number of aromatic nitrogens is 1. The Balaban J connectivity index is 1.21. The molecule has 4 aromatic rings. The maximum atomic E-state index is 12.8. The number of ether oxygens (including phenoxy) is 1. The van der Waals surface area contributed by atoms with Crippen molar-refractivity contribution in [3.8, 4) is 16.9 Å². The van der Waals surface area contributed by atoms with Gasteiger partial charge in [0, 0.05) is 18.5 Å². The van der Waals surface area contributed by atoms with E-state index in [1.807, 2.05) is 24.3 Å². The largest absolute Gasteiger partial charge is 0.497 e. The van der Waals surface area contributed by atoms with Gasteiger partial charge in [-0.05, 0) is 71.5 Å². The van der Waals surface area contributed by atoms with Gasteiger partial charge in [-0.3, -0.25) is 0 Å². The van der Waals surface area contributed by atoms with Gasteiger partial charge in [-0.25, -0.2) is 0 Å². The van der Waals surface area contributed by atoms with Gasteiger partial charge >= 0.3 is 6.18 Å². The molecule has 0 aliphatic rings. The summed E-state index contributed by atoms with van der Waals surface area (Å²) in [6.45, 7) is 2.26. The standard InChI is InChI=1S/C25H24F3N3OS/c1-32-21-10-7-19(8-11-21)18-5-3-17(4-6-18)16-29-13-2-14-30-24-22-12-9-20(25(26,27)28)15-23(22)33-31-24/h3-12,15,29H,2,13-14,16H2,1H3,(H,30,31). The fourth-order valence-corrected chi connectivity index (χ4v) is 4.29. The number of fused-ring (bicyclic) bond motifs is 1. The van der Waals surface area contributed by atoms with Gasteiger partial charge in [0.25, 0.3) is 0 Å². The Kier molecular flexibility index (Phi) is 7.15. The fourth-order valence-electron chi connectivity index (χ4n) is 3.49. The van der Waals surface area contributed by atoms with Crippen molar-refractivity contribution in [2.45, 2.75) is 19.1 Å². The molecular formula is C25H24F3N3OS. The van der Waals surface area contributed by atoms with E-state index in [-0.39, 0.29) is 0 Å². The Labute approximate surface area is 194 Å². The predicted molar refractivity (Wildman–Crippen MR) is 128 cm³/mol. The van der Waals surface area contributed by atoms with Crippen molar-refractivity contribution < 1.29 is 17.9 Å². The molecule has 172 valence electrons. The van der Waals surface area contributed by atoms with Gasteiger partial charge in [0.15, 0.2) is 0 Å². The van der Waals surface area contributed by atoms with Crippen LogP contribution in [0.1, 0.15) is 17.5 Å². The molecule has 0 atom stereocenters. The first-order valence-electron chi connectivity index (χ1n) is 10.6. The van der Waals surface area contributed by atoms with Gasteiger partial charge in [0.1, 0.15) is 11.6 Å². The third-order valence-corrected chi connectivity index (χ3v) is 6.14. The second kappa shape index (κ2) is 10.2. The highest BCUT2D eigenvalue weighted by Crippen LogP contribution is 2.34. The number of halogens is 3. The average Bonchev–Trinajstić information content (AvgIpc) is 3.23. The molecule has 0 aliphatic heterocycles. The molecule has 8 heteroatoms. The first kappa shape index (κ1) is 23.1. The summed E-state index contributed by atoms with van der Waals surface area (Å²) in [7, 11) is 1.66. The van der Waals surface area contributed by atoms with Crippen LogP contribution in [-0.4, -0.2) is 24.6 Å². The van der Waals surface area contributed by atoms with E-state index in [4.69, 9.17) is 4.74 Å². The van der Waals surface area contributed by atoms with Crippen LogP contribution in [0.15, 0.2) is 66.7 Å². The summed E-state index contributed by atoms with van der Waals surface area (Å²) >= 11 is 1.08. The second-order valence-electron chi connectivity index (χ2n) is 7.62. The highest BCUT2D eigenvalue weighted by molar-refractivity contribution is 7.13. The van der Waals surface area contributed by atoms with Crippen LogP contribution in [0.4, 0.5) is 19.0 Å². The minimum absolute atomic E-state index is 0.531. The number of benzene rings is 3. The summed E-state index contributed by atoms with van der Waals surface area (Å²) in [5, 5.41) is 7.37. The first-order chi connectivity index (χ1) is 15.9. The molecule has 0 unspecified atom stereocenters. The Morgan fingerprint density at radius 3 is 2.27 bits per heavy atom. The van der Waals surface area contributed by atoms with Crippen LogP contribution in [0, 0.1) is 0 Å². The number of anilines is 1. The topological polar surface area (TPSA) is 46.2 Å². The first-order valence-corrected chi connectivity index (χ1v) is 11.4. The number of nitrogens with one attached hydrogen (secondary N) is 2. The lowest BCUT2D eigenvalue weighted by Crippen LogP contribution is -2.17. The SMILES string of the molecule is COc1ccc(-c2ccc(CNCCCNc3nsc4cc(C(F)(F)F)ccc34)cc2)cc1. The van der Waals surface area contributed by atoms with Gasteiger partial charge in [-0.2, -0.15) is 17.5 Å². The monoisotopic (exact) mass is 471 g/mol. The smallest absolute Gasteiger partial charge is 0.416 e. The van der Waals surface area contributed by atoms with Crippen molar-refractivity contribution in [1.82, 2.24) is 9.69 Å². The molecule has 2 N–H and O–H groups in total. The zero-order valence-corrected chi connectivity index (χ0v) is 18.9. The van der Waals surface area contributed by atoms with Crippen LogP contribution in [0.3, 0.4) is 0 Å². The van der Waals surface area contributed by atoms with Crippen LogP contribution < -0.4 is 15.4 Å². The quantitative estimate of drug-likeness (QED) is 0.271. The maximum absolute atomic E-state index is 12.8. The molecule has 0 fully saturated rings. The Hall–Kier alpha value is -3.10. The Bertz CT molecular complexity index is 1190. The molecule has 0 radical (unpaired) electrons. The average molecular weight is 472 g/mol. The van der Waals surface area contributed by atoms with Crippen molar-refractivity contribution in [2.24, 2.45) is 0 Å². The molecule has 0 amide bonds. The lowest BCUT2D eigenvalue weighted by Gasteiger charge is -2.08. The molecular weight excluding hydrogens is 447 g/mol. The molecule has 0 bridgehead atoms. The fraction of sp³-hybridized carbons (Fsp3) is 0.240. The summed E-state index contributed by atoms with van der Waals surface area (Å²) in [6.07, 6.45) is -3.48. The lowest BCUT2D eigenvalue weighted by molar-refractivity contribution is -0.137. The van der Waals surface area contributed by atoms with Crippen LogP contribution in [0.2, 0.25) is 0 Å². The lowest BCUT2D eigenvalue weighted by atomic mass is 10.0. The van der Waals surface area contributed by atoms with Gasteiger partial charge in [-0.15, -0.1) is 0 Å². The maximum Gasteiger partial charge on any atom is 0.416 e. The van der Waals surface area contributed by atoms with E-state index in [1.54, 1.807) is 7.11 Å². The summed E-state index contributed by atoms with van der Waals surface area (Å²) in [4.78, 5) is 0. The second-order valence-corrected chi connectivity index (χ2v) is 8.43. The molecule has 3 aromatic carbocycles. The van der Waals surface area contributed by atoms with Crippen LogP contribution in [0.25, 0.3) is 21.2 Å². The molecule has 0 saturated heterocycles. The molecule has 0 spiro atoms. The Morgan fingerprint density at radius 1 is 0.909 bits per heavy atom. The normalized spacial score (nSPS) is 11.6. The van der Waals surface area contributed by atoms with Crippen molar-refractivity contribution in [3.63, 3.8) is 0 Å². The summed E-state index contributed by atoms with van der Waals surface area (Å²) < 4.78 is 48.5. The van der Waals surface area contributed by atoms with Crippen molar-refractivity contribution in [1.29, 1.82) is 0 Å². The van der Waals surface area contributed by atoms with Gasteiger partial charge in [0.05, 0.1) is 17.4 Å². The number of hydrogen-bond donors (Lipinski definition) is 2. The molecule has 4 nitrogen and oxygen atoms in total. The summed E-state index contributed by atoms with van der Waals surface area (Å²) in [5.74, 6) is 1.48. The highest BCUT2D eigenvalue weighted by atomic mass is 32.1. The van der Waals surface area contributed by atoms with Crippen LogP contribution in [0.5, 0.6) is 5.75 Å². The summed E-state index contributed by atoms with van der Waals surface area (Å²) in [6, 6.07) is 20.2. The Morgan fingerprint density at radius 2 is 1.61 bits per heavy atom. The van der Waals surface area contributed by atoms with Crippen molar-refractivity contribution in [3.05, 3.63) is 77.9 Å². The number of rotatable bonds is 9. The number of methoxy groups -OCH3 is 1. The van der Waals surface area contributed by atoms with Gasteiger partial charge in [-0.1, -0.05) is 36.4 Å². The minimum atomic E-state index is -4.34. The zero-order chi connectivity index (χ0) is 23.3. The molecule has 33 heavy (non-hydrogen) atoms. The zero-order valence-electron chi connectivity index (χ0n) is 18.1. The van der Waals surface area contributed by atoms with Crippen LogP contribution >= 0.6 is 11.5 Å². The third kappa shape index (κ3) is 5.83. The summed E-state index contributed by atoms with van der Waals surface area (Å²) in [5.41, 5.74) is 2.85. The molecule has 0 aliphatic carbocycles. The van der Waals surface area contributed by atoms with E-state index in [0.29, 0.717) is 17.1 Å². The molecule has 0 saturated carbocycles. The van der Waals surface area contributed by atoms with E-state index >= 15 is 0 Å². The molecule has 1 heterocycles. The van der Waals surface area contributed by atoms with Crippen molar-refractivity contribution >= 4 is 27.4 Å². The molecule has 1 aromatic heterocycles. The van der Waals surface area contributed by atoms with E-state index in [0.717, 1.165) is 65.4 Å². The third-order valence-electron chi connectivity index (χ3n) is 5.33. The van der Waals surface area contributed by atoms with Gasteiger partial charge in [0.2, 0.25) is 0 Å².